The van der Waals surface area contributed by atoms with Crippen molar-refractivity contribution in [3.63, 3.8) is 0 Å². The average molecular weight is 421 g/mol. The van der Waals surface area contributed by atoms with E-state index in [0.717, 1.165) is 4.88 Å². The Kier molecular flexibility index (Phi) is 5.83. The Hall–Kier alpha value is -3.23. The average Bonchev–Trinajstić information content (AvgIpc) is 3.45. The molecule has 0 spiro atoms. The minimum Gasteiger partial charge on any atom is -0.322 e. The Labute approximate surface area is 175 Å². The number of aromatic amines is 1. The Bertz CT molecular complexity index is 1110. The largest absolute Gasteiger partial charge is 0.322 e. The highest BCUT2D eigenvalue weighted by molar-refractivity contribution is 7.99. The number of amides is 1. The predicted molar refractivity (Wildman–Crippen MR) is 116 cm³/mol. The lowest BCUT2D eigenvalue weighted by Gasteiger charge is -2.06. The second-order valence-electron chi connectivity index (χ2n) is 6.05. The maximum absolute atomic E-state index is 12.4. The number of carbonyl (C=O) groups is 2. The van der Waals surface area contributed by atoms with E-state index in [-0.39, 0.29) is 17.4 Å². The van der Waals surface area contributed by atoms with Gasteiger partial charge in [0, 0.05) is 16.8 Å². The van der Waals surface area contributed by atoms with Gasteiger partial charge in [0.05, 0.1) is 10.6 Å². The first-order valence-electron chi connectivity index (χ1n) is 8.78. The van der Waals surface area contributed by atoms with Crippen LogP contribution in [0.2, 0.25) is 0 Å². The third kappa shape index (κ3) is 4.79. The van der Waals surface area contributed by atoms with Crippen LogP contribution in [-0.4, -0.2) is 32.6 Å². The van der Waals surface area contributed by atoms with Gasteiger partial charge in [-0.15, -0.1) is 16.4 Å². The fourth-order valence-corrected chi connectivity index (χ4v) is 3.94. The number of benzene rings is 2. The van der Waals surface area contributed by atoms with Gasteiger partial charge in [0.25, 0.3) is 5.91 Å². The number of nitrogens with zero attached hydrogens (tertiary/aromatic N) is 2. The zero-order valence-corrected chi connectivity index (χ0v) is 16.8. The fourth-order valence-electron chi connectivity index (χ4n) is 2.58. The molecule has 4 rings (SSSR count). The van der Waals surface area contributed by atoms with Crippen molar-refractivity contribution in [1.82, 2.24) is 15.2 Å². The molecule has 29 heavy (non-hydrogen) atoms. The molecule has 0 fully saturated rings. The van der Waals surface area contributed by atoms with Crippen LogP contribution in [0.4, 0.5) is 5.69 Å². The van der Waals surface area contributed by atoms with Crippen LogP contribution in [0.3, 0.4) is 0 Å². The number of thiophene rings is 1. The SMILES string of the molecule is O=C(CSc1n[nH]c(-c2cccs2)n1)c1ccc(NC(=O)c2ccccc2)cc1. The molecular formula is C21H16N4O2S2. The van der Waals surface area contributed by atoms with E-state index >= 15 is 0 Å². The van der Waals surface area contributed by atoms with Crippen molar-refractivity contribution in [3.05, 3.63) is 83.2 Å². The highest BCUT2D eigenvalue weighted by Gasteiger charge is 2.12. The van der Waals surface area contributed by atoms with Crippen LogP contribution in [0.15, 0.2) is 77.3 Å². The van der Waals surface area contributed by atoms with Gasteiger partial charge in [-0.05, 0) is 47.8 Å². The van der Waals surface area contributed by atoms with Gasteiger partial charge in [-0.3, -0.25) is 14.7 Å². The number of rotatable bonds is 7. The van der Waals surface area contributed by atoms with Crippen molar-refractivity contribution in [3.8, 4) is 10.7 Å². The molecule has 2 heterocycles. The van der Waals surface area contributed by atoms with Gasteiger partial charge in [-0.25, -0.2) is 4.98 Å². The first-order valence-corrected chi connectivity index (χ1v) is 10.6. The first kappa shape index (κ1) is 19.1. The van der Waals surface area contributed by atoms with Gasteiger partial charge in [-0.2, -0.15) is 0 Å². The minimum absolute atomic E-state index is 0.0293. The van der Waals surface area contributed by atoms with Gasteiger partial charge >= 0.3 is 0 Å². The fraction of sp³-hybridized carbons (Fsp3) is 0.0476. The summed E-state index contributed by atoms with van der Waals surface area (Å²) in [7, 11) is 0. The molecule has 0 saturated heterocycles. The van der Waals surface area contributed by atoms with Crippen LogP contribution >= 0.6 is 23.1 Å². The molecule has 0 aliphatic heterocycles. The molecule has 6 nitrogen and oxygen atoms in total. The standard InChI is InChI=1S/C21H16N4O2S2/c26-17(13-29-21-23-19(24-25-21)18-7-4-12-28-18)14-8-10-16(11-9-14)22-20(27)15-5-2-1-3-6-15/h1-12H,13H2,(H,22,27)(H,23,24,25). The minimum atomic E-state index is -0.189. The molecule has 8 heteroatoms. The number of H-pyrrole nitrogens is 1. The van der Waals surface area contributed by atoms with Crippen LogP contribution in [0.5, 0.6) is 0 Å². The summed E-state index contributed by atoms with van der Waals surface area (Å²) in [6, 6.07) is 19.7. The highest BCUT2D eigenvalue weighted by atomic mass is 32.2. The predicted octanol–water partition coefficient (Wildman–Crippen LogP) is 4.76. The van der Waals surface area contributed by atoms with Gasteiger partial charge in [-0.1, -0.05) is 36.0 Å². The third-order valence-corrected chi connectivity index (χ3v) is 5.78. The molecule has 4 aromatic rings. The van der Waals surface area contributed by atoms with E-state index in [2.05, 4.69) is 20.5 Å². The molecule has 144 valence electrons. The Morgan fingerprint density at radius 3 is 2.48 bits per heavy atom. The van der Waals surface area contributed by atoms with Crippen LogP contribution in [0.1, 0.15) is 20.7 Å². The normalized spacial score (nSPS) is 10.6. The first-order chi connectivity index (χ1) is 14.2. The number of aromatic nitrogens is 3. The van der Waals surface area contributed by atoms with Crippen molar-refractivity contribution >= 4 is 40.5 Å². The lowest BCUT2D eigenvalue weighted by molar-refractivity contribution is 0.101. The number of carbonyl (C=O) groups excluding carboxylic acids is 2. The topological polar surface area (TPSA) is 87.7 Å². The molecule has 0 atom stereocenters. The zero-order chi connectivity index (χ0) is 20.1. The van der Waals surface area contributed by atoms with E-state index < -0.39 is 0 Å². The molecule has 0 aliphatic rings. The van der Waals surface area contributed by atoms with Crippen LogP contribution in [-0.2, 0) is 0 Å². The Balaban J connectivity index is 1.33. The van der Waals surface area contributed by atoms with Crippen LogP contribution in [0, 0.1) is 0 Å². The Morgan fingerprint density at radius 2 is 1.76 bits per heavy atom. The molecule has 0 aliphatic carbocycles. The summed E-state index contributed by atoms with van der Waals surface area (Å²) in [4.78, 5) is 30.0. The van der Waals surface area contributed by atoms with Crippen LogP contribution < -0.4 is 5.32 Å². The summed E-state index contributed by atoms with van der Waals surface area (Å²) in [6.07, 6.45) is 0. The second-order valence-corrected chi connectivity index (χ2v) is 7.94. The van der Waals surface area contributed by atoms with Crippen molar-refractivity contribution in [2.45, 2.75) is 5.16 Å². The number of hydrogen-bond donors (Lipinski definition) is 2. The third-order valence-electron chi connectivity index (χ3n) is 4.05. The monoisotopic (exact) mass is 420 g/mol. The number of anilines is 1. The summed E-state index contributed by atoms with van der Waals surface area (Å²) in [5, 5.41) is 12.4. The number of nitrogens with one attached hydrogen (secondary N) is 2. The van der Waals surface area contributed by atoms with E-state index in [9.17, 15) is 9.59 Å². The summed E-state index contributed by atoms with van der Waals surface area (Å²) in [5.74, 6) is 0.718. The molecule has 1 amide bonds. The van der Waals surface area contributed by atoms with Crippen molar-refractivity contribution in [2.75, 3.05) is 11.1 Å². The summed E-state index contributed by atoms with van der Waals surface area (Å²) < 4.78 is 0. The van der Waals surface area contributed by atoms with Gasteiger partial charge < -0.3 is 5.32 Å². The number of Topliss-reactive ketones (excluding diaryl/α,β-unsaturated/α-hetero) is 1. The van der Waals surface area contributed by atoms with Crippen LogP contribution in [0.25, 0.3) is 10.7 Å². The molecular weight excluding hydrogens is 404 g/mol. The molecule has 2 aromatic carbocycles. The maximum atomic E-state index is 12.4. The lowest BCUT2D eigenvalue weighted by atomic mass is 10.1. The molecule has 0 saturated carbocycles. The van der Waals surface area contributed by atoms with Crippen molar-refractivity contribution in [2.24, 2.45) is 0 Å². The second kappa shape index (κ2) is 8.85. The zero-order valence-electron chi connectivity index (χ0n) is 15.2. The van der Waals surface area contributed by atoms with E-state index in [1.807, 2.05) is 35.7 Å². The summed E-state index contributed by atoms with van der Waals surface area (Å²) in [5.41, 5.74) is 1.79. The molecule has 0 bridgehead atoms. The molecule has 2 aromatic heterocycles. The molecule has 0 radical (unpaired) electrons. The van der Waals surface area contributed by atoms with E-state index in [1.165, 1.54) is 11.8 Å². The quantitative estimate of drug-likeness (QED) is 0.332. The maximum Gasteiger partial charge on any atom is 0.255 e. The summed E-state index contributed by atoms with van der Waals surface area (Å²) >= 11 is 2.86. The summed E-state index contributed by atoms with van der Waals surface area (Å²) in [6.45, 7) is 0. The van der Waals surface area contributed by atoms with Gasteiger partial charge in [0.15, 0.2) is 11.6 Å². The van der Waals surface area contributed by atoms with Crippen molar-refractivity contribution in [1.29, 1.82) is 0 Å². The Morgan fingerprint density at radius 1 is 0.966 bits per heavy atom. The number of hydrogen-bond acceptors (Lipinski definition) is 6. The van der Waals surface area contributed by atoms with E-state index in [0.29, 0.717) is 27.8 Å². The van der Waals surface area contributed by atoms with Gasteiger partial charge in [0.2, 0.25) is 5.16 Å². The highest BCUT2D eigenvalue weighted by Crippen LogP contribution is 2.23. The molecule has 2 N–H and O–H groups in total. The molecule has 0 unspecified atom stereocenters. The smallest absolute Gasteiger partial charge is 0.255 e. The van der Waals surface area contributed by atoms with E-state index in [4.69, 9.17) is 0 Å². The van der Waals surface area contributed by atoms with Gasteiger partial charge in [0.1, 0.15) is 0 Å². The number of ketones is 1. The van der Waals surface area contributed by atoms with Crippen molar-refractivity contribution < 1.29 is 9.59 Å². The van der Waals surface area contributed by atoms with E-state index in [1.54, 1.807) is 47.7 Å². The lowest BCUT2D eigenvalue weighted by Crippen LogP contribution is -2.11. The number of thioether (sulfide) groups is 1.